The topological polar surface area (TPSA) is 86.8 Å². The Bertz CT molecular complexity index is 1380. The van der Waals surface area contributed by atoms with Crippen molar-refractivity contribution < 1.29 is 18.0 Å². The minimum absolute atomic E-state index is 0.0761. The Balaban J connectivity index is 1.84. The van der Waals surface area contributed by atoms with E-state index in [1.54, 1.807) is 30.1 Å². The lowest BCUT2D eigenvalue weighted by Gasteiger charge is -2.31. The molecule has 0 bridgehead atoms. The van der Waals surface area contributed by atoms with Crippen molar-refractivity contribution in [3.63, 3.8) is 0 Å². The normalized spacial score (nSPS) is 12.0. The van der Waals surface area contributed by atoms with Gasteiger partial charge in [-0.2, -0.15) is 0 Å². The number of rotatable bonds is 12. The van der Waals surface area contributed by atoms with Crippen molar-refractivity contribution in [2.75, 3.05) is 24.2 Å². The molecule has 3 rings (SSSR count). The van der Waals surface area contributed by atoms with Crippen LogP contribution in [0.5, 0.6) is 0 Å². The van der Waals surface area contributed by atoms with E-state index in [4.69, 9.17) is 11.6 Å². The third-order valence-electron chi connectivity index (χ3n) is 6.71. The van der Waals surface area contributed by atoms with Crippen LogP contribution in [0.2, 0.25) is 5.02 Å². The fraction of sp³-hybridized carbons (Fsp3) is 0.333. The van der Waals surface area contributed by atoms with E-state index < -0.39 is 16.1 Å². The van der Waals surface area contributed by atoms with Crippen molar-refractivity contribution in [1.29, 1.82) is 0 Å². The summed E-state index contributed by atoms with van der Waals surface area (Å²) in [5.41, 5.74) is 4.39. The minimum atomic E-state index is -3.56. The minimum Gasteiger partial charge on any atom is -0.357 e. The maximum absolute atomic E-state index is 13.7. The fourth-order valence-corrected chi connectivity index (χ4v) is 5.47. The molecule has 0 unspecified atom stereocenters. The number of nitrogens with one attached hydrogen (secondary N) is 1. The summed E-state index contributed by atoms with van der Waals surface area (Å²) < 4.78 is 26.6. The first-order valence-corrected chi connectivity index (χ1v) is 15.1. The number of carbonyl (C=O) groups excluding carboxylic acids is 2. The molecular weight excluding hydrogens is 534 g/mol. The highest BCUT2D eigenvalue weighted by Crippen LogP contribution is 2.23. The van der Waals surface area contributed by atoms with Gasteiger partial charge in [-0.15, -0.1) is 0 Å². The zero-order valence-electron chi connectivity index (χ0n) is 22.9. The van der Waals surface area contributed by atoms with Gasteiger partial charge in [0.05, 0.1) is 11.9 Å². The molecular formula is C30H36ClN3O4S. The Morgan fingerprint density at radius 1 is 0.923 bits per heavy atom. The van der Waals surface area contributed by atoms with Crippen LogP contribution in [-0.4, -0.2) is 51.0 Å². The van der Waals surface area contributed by atoms with E-state index >= 15 is 0 Å². The zero-order chi connectivity index (χ0) is 28.6. The van der Waals surface area contributed by atoms with Crippen molar-refractivity contribution in [3.05, 3.63) is 100 Å². The first-order chi connectivity index (χ1) is 18.5. The number of anilines is 1. The Morgan fingerprint density at radius 3 is 2.18 bits per heavy atom. The number of amides is 2. The molecule has 9 heteroatoms. The zero-order valence-corrected chi connectivity index (χ0v) is 24.4. The van der Waals surface area contributed by atoms with E-state index in [1.807, 2.05) is 68.4 Å². The highest BCUT2D eigenvalue weighted by molar-refractivity contribution is 7.92. The van der Waals surface area contributed by atoms with Gasteiger partial charge in [-0.25, -0.2) is 8.42 Å². The van der Waals surface area contributed by atoms with Gasteiger partial charge in [-0.3, -0.25) is 13.9 Å². The molecule has 0 fully saturated rings. The van der Waals surface area contributed by atoms with Crippen molar-refractivity contribution >= 4 is 39.1 Å². The number of halogens is 1. The molecule has 0 saturated heterocycles. The largest absolute Gasteiger partial charge is 0.357 e. The lowest BCUT2D eigenvalue weighted by Crippen LogP contribution is -2.49. The predicted molar refractivity (Wildman–Crippen MR) is 157 cm³/mol. The first-order valence-electron chi connectivity index (χ1n) is 12.8. The molecule has 39 heavy (non-hydrogen) atoms. The maximum atomic E-state index is 13.7. The Morgan fingerprint density at radius 2 is 1.59 bits per heavy atom. The van der Waals surface area contributed by atoms with Crippen LogP contribution in [0.15, 0.2) is 72.8 Å². The summed E-state index contributed by atoms with van der Waals surface area (Å²) in [6.07, 6.45) is 1.88. The smallest absolute Gasteiger partial charge is 0.242 e. The predicted octanol–water partition coefficient (Wildman–Crippen LogP) is 4.89. The SMILES string of the molecule is CNC(=O)[C@@H](Cc1ccccc1)N(Cc1ccc(Cl)cc1)C(=O)CCCN(c1ccc(C)c(C)c1)S(C)(=O)=O. The van der Waals surface area contributed by atoms with E-state index in [2.05, 4.69) is 5.32 Å². The number of hydrogen-bond acceptors (Lipinski definition) is 4. The maximum Gasteiger partial charge on any atom is 0.242 e. The molecule has 0 saturated carbocycles. The molecule has 0 aliphatic carbocycles. The number of likely N-dealkylation sites (N-methyl/N-ethyl adjacent to an activating group) is 1. The summed E-state index contributed by atoms with van der Waals surface area (Å²) in [4.78, 5) is 28.3. The molecule has 7 nitrogen and oxygen atoms in total. The molecule has 3 aromatic carbocycles. The van der Waals surface area contributed by atoms with Gasteiger partial charge in [0.1, 0.15) is 6.04 Å². The van der Waals surface area contributed by atoms with Crippen LogP contribution in [0, 0.1) is 13.8 Å². The Hall–Kier alpha value is -3.36. The fourth-order valence-electron chi connectivity index (χ4n) is 4.39. The van der Waals surface area contributed by atoms with Gasteiger partial charge in [0, 0.05) is 38.0 Å². The number of benzene rings is 3. The molecule has 1 N–H and O–H groups in total. The van der Waals surface area contributed by atoms with E-state index in [-0.39, 0.29) is 31.3 Å². The summed E-state index contributed by atoms with van der Waals surface area (Å²) in [7, 11) is -2.01. The second-order valence-corrected chi connectivity index (χ2v) is 12.0. The Labute approximate surface area is 236 Å². The van der Waals surface area contributed by atoms with Crippen LogP contribution < -0.4 is 9.62 Å². The lowest BCUT2D eigenvalue weighted by molar-refractivity contribution is -0.141. The van der Waals surface area contributed by atoms with Gasteiger partial charge in [0.2, 0.25) is 21.8 Å². The molecule has 208 valence electrons. The lowest BCUT2D eigenvalue weighted by atomic mass is 10.0. The molecule has 3 aromatic rings. The van der Waals surface area contributed by atoms with Gasteiger partial charge in [-0.05, 0) is 66.8 Å². The molecule has 0 aliphatic heterocycles. The van der Waals surface area contributed by atoms with Crippen molar-refractivity contribution in [3.8, 4) is 0 Å². The quantitative estimate of drug-likeness (QED) is 0.336. The molecule has 0 radical (unpaired) electrons. The average Bonchev–Trinajstić information content (AvgIpc) is 2.90. The van der Waals surface area contributed by atoms with Crippen molar-refractivity contribution in [2.45, 2.75) is 45.7 Å². The number of nitrogens with zero attached hydrogens (tertiary/aromatic N) is 2. The van der Waals surface area contributed by atoms with Crippen molar-refractivity contribution in [1.82, 2.24) is 10.2 Å². The molecule has 0 spiro atoms. The molecule has 1 atom stereocenters. The van der Waals surface area contributed by atoms with Gasteiger partial charge < -0.3 is 10.2 Å². The van der Waals surface area contributed by atoms with Crippen LogP contribution in [-0.2, 0) is 32.6 Å². The second-order valence-electron chi connectivity index (χ2n) is 9.68. The third-order valence-corrected chi connectivity index (χ3v) is 8.16. The highest BCUT2D eigenvalue weighted by atomic mass is 35.5. The van der Waals surface area contributed by atoms with Crippen LogP contribution in [0.1, 0.15) is 35.1 Å². The van der Waals surface area contributed by atoms with Gasteiger partial charge in [-0.1, -0.05) is 60.1 Å². The van der Waals surface area contributed by atoms with Crippen LogP contribution >= 0.6 is 11.6 Å². The van der Waals surface area contributed by atoms with E-state index in [0.29, 0.717) is 23.6 Å². The monoisotopic (exact) mass is 569 g/mol. The average molecular weight is 570 g/mol. The highest BCUT2D eigenvalue weighted by Gasteiger charge is 2.30. The molecule has 0 heterocycles. The summed E-state index contributed by atoms with van der Waals surface area (Å²) in [6.45, 7) is 4.26. The summed E-state index contributed by atoms with van der Waals surface area (Å²) >= 11 is 6.06. The summed E-state index contributed by atoms with van der Waals surface area (Å²) in [6, 6.07) is 21.5. The van der Waals surface area contributed by atoms with Crippen molar-refractivity contribution in [2.24, 2.45) is 0 Å². The van der Waals surface area contributed by atoms with Gasteiger partial charge >= 0.3 is 0 Å². The summed E-state index contributed by atoms with van der Waals surface area (Å²) in [5.74, 6) is -0.503. The van der Waals surface area contributed by atoms with E-state index in [0.717, 1.165) is 22.3 Å². The number of hydrogen-bond donors (Lipinski definition) is 1. The van der Waals surface area contributed by atoms with E-state index in [9.17, 15) is 18.0 Å². The van der Waals surface area contributed by atoms with Gasteiger partial charge in [0.15, 0.2) is 0 Å². The Kier molecular flexibility index (Phi) is 10.5. The first kappa shape index (κ1) is 30.2. The molecule has 0 aliphatic rings. The number of sulfonamides is 1. The number of carbonyl (C=O) groups is 2. The van der Waals surface area contributed by atoms with Crippen LogP contribution in [0.4, 0.5) is 5.69 Å². The number of aryl methyl sites for hydroxylation is 2. The standard InChI is InChI=1S/C30H36ClN3O4S/c1-22-12-17-27(19-23(22)2)34(39(4,37)38)18-8-11-29(35)33(21-25-13-15-26(31)16-14-25)28(30(36)32-3)20-24-9-6-5-7-10-24/h5-7,9-10,12-17,19,28H,8,11,18,20-21H2,1-4H3,(H,32,36)/t28-/m1/s1. The third kappa shape index (κ3) is 8.57. The van der Waals surface area contributed by atoms with Gasteiger partial charge in [0.25, 0.3) is 0 Å². The molecule has 2 amide bonds. The van der Waals surface area contributed by atoms with Crippen LogP contribution in [0.25, 0.3) is 0 Å². The van der Waals surface area contributed by atoms with E-state index in [1.165, 1.54) is 10.6 Å². The van der Waals surface area contributed by atoms with Crippen LogP contribution in [0.3, 0.4) is 0 Å². The summed E-state index contributed by atoms with van der Waals surface area (Å²) in [5, 5.41) is 3.28. The second kappa shape index (κ2) is 13.6. The molecule has 0 aromatic heterocycles.